The van der Waals surface area contributed by atoms with Gasteiger partial charge in [-0.05, 0) is 45.8 Å². The average molecular weight is 270 g/mol. The van der Waals surface area contributed by atoms with Gasteiger partial charge in [0.1, 0.15) is 0 Å². The lowest BCUT2D eigenvalue weighted by Crippen LogP contribution is -2.45. The summed E-state index contributed by atoms with van der Waals surface area (Å²) in [6.07, 6.45) is 5.53. The first kappa shape index (κ1) is 16.4. The number of likely N-dealkylation sites (tertiary alicyclic amines) is 1. The van der Waals surface area contributed by atoms with E-state index >= 15 is 0 Å². The molecule has 0 unspecified atom stereocenters. The van der Waals surface area contributed by atoms with Gasteiger partial charge in [-0.15, -0.1) is 0 Å². The molecule has 1 rings (SSSR count). The first-order valence-corrected chi connectivity index (χ1v) is 7.69. The summed E-state index contributed by atoms with van der Waals surface area (Å²) in [5.74, 6) is 0.0129. The zero-order chi connectivity index (χ0) is 14.3. The summed E-state index contributed by atoms with van der Waals surface area (Å²) < 4.78 is 0. The Bertz CT molecular complexity index is 267. The number of amides is 1. The lowest BCUT2D eigenvalue weighted by Gasteiger charge is -2.31. The molecule has 0 aliphatic carbocycles. The van der Waals surface area contributed by atoms with Crippen LogP contribution in [0, 0.1) is 0 Å². The molecule has 0 aromatic heterocycles. The van der Waals surface area contributed by atoms with E-state index in [0.29, 0.717) is 12.8 Å². The molecule has 0 aromatic rings. The van der Waals surface area contributed by atoms with Crippen molar-refractivity contribution in [1.29, 1.82) is 0 Å². The summed E-state index contributed by atoms with van der Waals surface area (Å²) in [4.78, 5) is 14.4. The Morgan fingerprint density at radius 1 is 1.26 bits per heavy atom. The number of carbonyl (C=O) groups is 1. The minimum atomic E-state index is -0.807. The fourth-order valence-electron chi connectivity index (χ4n) is 2.96. The molecule has 1 aliphatic rings. The summed E-state index contributed by atoms with van der Waals surface area (Å²) in [6.45, 7) is 6.18. The van der Waals surface area contributed by atoms with Gasteiger partial charge < -0.3 is 15.3 Å². The number of nitrogens with one attached hydrogen (secondary N) is 1. The van der Waals surface area contributed by atoms with Crippen LogP contribution in [-0.2, 0) is 4.79 Å². The van der Waals surface area contributed by atoms with Gasteiger partial charge in [0.15, 0.2) is 0 Å². The Balaban J connectivity index is 2.39. The van der Waals surface area contributed by atoms with Gasteiger partial charge in [0.05, 0.1) is 12.0 Å². The Labute approximate surface area is 117 Å². The molecule has 0 atom stereocenters. The second-order valence-corrected chi connectivity index (χ2v) is 6.05. The summed E-state index contributed by atoms with van der Waals surface area (Å²) in [6, 6.07) is 0.288. The maximum atomic E-state index is 12.1. The highest BCUT2D eigenvalue weighted by molar-refractivity contribution is 5.77. The van der Waals surface area contributed by atoms with Crippen LogP contribution in [0.2, 0.25) is 0 Å². The molecule has 1 aliphatic heterocycles. The van der Waals surface area contributed by atoms with E-state index in [4.69, 9.17) is 0 Å². The third-order valence-corrected chi connectivity index (χ3v) is 4.00. The molecule has 4 nitrogen and oxygen atoms in total. The van der Waals surface area contributed by atoms with Crippen molar-refractivity contribution < 1.29 is 9.90 Å². The first-order valence-electron chi connectivity index (χ1n) is 7.69. The van der Waals surface area contributed by atoms with E-state index in [2.05, 4.69) is 31.1 Å². The summed E-state index contributed by atoms with van der Waals surface area (Å²) in [5, 5.41) is 13.6. The van der Waals surface area contributed by atoms with Crippen LogP contribution in [0.25, 0.3) is 0 Å². The van der Waals surface area contributed by atoms with E-state index in [9.17, 15) is 9.90 Å². The smallest absolute Gasteiger partial charge is 0.223 e. The number of aliphatic hydroxyl groups is 1. The van der Waals surface area contributed by atoms with E-state index in [1.807, 2.05) is 0 Å². The minimum absolute atomic E-state index is 0.0129. The molecule has 4 heteroatoms. The van der Waals surface area contributed by atoms with Gasteiger partial charge in [0.25, 0.3) is 0 Å². The van der Waals surface area contributed by atoms with E-state index in [0.717, 1.165) is 38.8 Å². The van der Waals surface area contributed by atoms with E-state index in [1.165, 1.54) is 0 Å². The average Bonchev–Trinajstić information content (AvgIpc) is 2.32. The monoisotopic (exact) mass is 270 g/mol. The highest BCUT2D eigenvalue weighted by Gasteiger charge is 2.29. The summed E-state index contributed by atoms with van der Waals surface area (Å²) in [5.41, 5.74) is -0.807. The largest absolute Gasteiger partial charge is 0.389 e. The highest BCUT2D eigenvalue weighted by Crippen LogP contribution is 2.23. The second-order valence-electron chi connectivity index (χ2n) is 6.05. The molecule has 112 valence electrons. The third kappa shape index (κ3) is 5.91. The molecule has 1 saturated heterocycles. The number of nitrogens with zero attached hydrogens (tertiary/aromatic N) is 1. The van der Waals surface area contributed by atoms with Crippen molar-refractivity contribution in [3.05, 3.63) is 0 Å². The number of carbonyl (C=O) groups excluding carboxylic acids is 1. The van der Waals surface area contributed by atoms with Gasteiger partial charge in [-0.3, -0.25) is 4.79 Å². The summed E-state index contributed by atoms with van der Waals surface area (Å²) >= 11 is 0. The number of rotatable bonds is 7. The van der Waals surface area contributed by atoms with Gasteiger partial charge in [-0.1, -0.05) is 26.7 Å². The van der Waals surface area contributed by atoms with E-state index in [-0.39, 0.29) is 18.4 Å². The van der Waals surface area contributed by atoms with Crippen LogP contribution >= 0.6 is 0 Å². The first-order chi connectivity index (χ1) is 8.99. The van der Waals surface area contributed by atoms with Crippen LogP contribution < -0.4 is 5.32 Å². The molecule has 1 amide bonds. The van der Waals surface area contributed by atoms with E-state index in [1.54, 1.807) is 0 Å². The molecule has 19 heavy (non-hydrogen) atoms. The molecule has 1 heterocycles. The Morgan fingerprint density at radius 2 is 1.79 bits per heavy atom. The molecule has 0 aromatic carbocycles. The SMILES string of the molecule is CCCC(O)(CCC)CC(=O)NC1CCN(C)CC1. The maximum Gasteiger partial charge on any atom is 0.223 e. The second kappa shape index (κ2) is 7.85. The van der Waals surface area contributed by atoms with Crippen molar-refractivity contribution in [2.24, 2.45) is 0 Å². The lowest BCUT2D eigenvalue weighted by atomic mass is 9.89. The van der Waals surface area contributed by atoms with Gasteiger partial charge in [-0.25, -0.2) is 0 Å². The molecule has 2 N–H and O–H groups in total. The molecule has 0 bridgehead atoms. The standard InChI is InChI=1S/C15H30N2O2/c1-4-8-15(19,9-5-2)12-14(18)16-13-6-10-17(3)11-7-13/h13,19H,4-12H2,1-3H3,(H,16,18). The van der Waals surface area contributed by atoms with Crippen LogP contribution in [0.1, 0.15) is 58.8 Å². The Morgan fingerprint density at radius 3 is 2.26 bits per heavy atom. The van der Waals surface area contributed by atoms with Crippen molar-refractivity contribution in [2.45, 2.75) is 70.4 Å². The van der Waals surface area contributed by atoms with Crippen molar-refractivity contribution in [3.8, 4) is 0 Å². The molecular weight excluding hydrogens is 240 g/mol. The number of piperidine rings is 1. The van der Waals surface area contributed by atoms with Crippen LogP contribution in [0.5, 0.6) is 0 Å². The van der Waals surface area contributed by atoms with Crippen LogP contribution in [-0.4, -0.2) is 47.7 Å². The maximum absolute atomic E-state index is 12.1. The highest BCUT2D eigenvalue weighted by atomic mass is 16.3. The normalized spacial score (nSPS) is 18.5. The van der Waals surface area contributed by atoms with E-state index < -0.39 is 5.60 Å². The van der Waals surface area contributed by atoms with Crippen molar-refractivity contribution in [3.63, 3.8) is 0 Å². The summed E-state index contributed by atoms with van der Waals surface area (Å²) in [7, 11) is 2.11. The zero-order valence-electron chi connectivity index (χ0n) is 12.7. The van der Waals surface area contributed by atoms with Gasteiger partial charge in [0.2, 0.25) is 5.91 Å². The lowest BCUT2D eigenvalue weighted by molar-refractivity contribution is -0.127. The topological polar surface area (TPSA) is 52.6 Å². The van der Waals surface area contributed by atoms with Crippen molar-refractivity contribution in [1.82, 2.24) is 10.2 Å². The predicted molar refractivity (Wildman–Crippen MR) is 78.0 cm³/mol. The fraction of sp³-hybridized carbons (Fsp3) is 0.933. The van der Waals surface area contributed by atoms with Crippen molar-refractivity contribution >= 4 is 5.91 Å². The third-order valence-electron chi connectivity index (χ3n) is 4.00. The molecule has 0 radical (unpaired) electrons. The quantitative estimate of drug-likeness (QED) is 0.743. The molecule has 0 spiro atoms. The Hall–Kier alpha value is -0.610. The Kier molecular flexibility index (Phi) is 6.80. The van der Waals surface area contributed by atoms with Gasteiger partial charge >= 0.3 is 0 Å². The van der Waals surface area contributed by atoms with Gasteiger partial charge in [-0.2, -0.15) is 0 Å². The molecule has 0 saturated carbocycles. The minimum Gasteiger partial charge on any atom is -0.389 e. The van der Waals surface area contributed by atoms with Crippen LogP contribution in [0.4, 0.5) is 0 Å². The van der Waals surface area contributed by atoms with Crippen molar-refractivity contribution in [2.75, 3.05) is 20.1 Å². The van der Waals surface area contributed by atoms with Crippen LogP contribution in [0.15, 0.2) is 0 Å². The number of hydrogen-bond donors (Lipinski definition) is 2. The molecular formula is C15H30N2O2. The molecule has 1 fully saturated rings. The van der Waals surface area contributed by atoms with Gasteiger partial charge in [0, 0.05) is 6.04 Å². The zero-order valence-corrected chi connectivity index (χ0v) is 12.7. The number of hydrogen-bond acceptors (Lipinski definition) is 3. The van der Waals surface area contributed by atoms with Crippen LogP contribution in [0.3, 0.4) is 0 Å². The predicted octanol–water partition coefficient (Wildman–Crippen LogP) is 1.92. The fourth-order valence-corrected chi connectivity index (χ4v) is 2.96.